The van der Waals surface area contributed by atoms with Gasteiger partial charge in [0.05, 0.1) is 12.6 Å². The van der Waals surface area contributed by atoms with Gasteiger partial charge in [-0.1, -0.05) is 30.3 Å². The van der Waals surface area contributed by atoms with Gasteiger partial charge >= 0.3 is 5.97 Å². The van der Waals surface area contributed by atoms with Crippen molar-refractivity contribution in [3.8, 4) is 0 Å². The van der Waals surface area contributed by atoms with E-state index in [2.05, 4.69) is 0 Å². The SMILES string of the molecule is CCOC(=O)[C@@H]1[C@H](O)C(=O)N(C)[C@@H]1c1ccccc1. The molecule has 1 saturated heterocycles. The van der Waals surface area contributed by atoms with E-state index < -0.39 is 29.9 Å². The summed E-state index contributed by atoms with van der Waals surface area (Å²) in [6.45, 7) is 1.92. The molecule has 0 aliphatic carbocycles. The van der Waals surface area contributed by atoms with Gasteiger partial charge in [0.15, 0.2) is 0 Å². The third kappa shape index (κ3) is 2.33. The number of amides is 1. The number of rotatable bonds is 3. The Morgan fingerprint density at radius 1 is 1.37 bits per heavy atom. The van der Waals surface area contributed by atoms with Gasteiger partial charge in [0.2, 0.25) is 0 Å². The molecule has 0 spiro atoms. The monoisotopic (exact) mass is 263 g/mol. The van der Waals surface area contributed by atoms with E-state index in [1.165, 1.54) is 4.90 Å². The molecule has 0 saturated carbocycles. The van der Waals surface area contributed by atoms with E-state index in [4.69, 9.17) is 4.74 Å². The van der Waals surface area contributed by atoms with E-state index in [-0.39, 0.29) is 6.61 Å². The summed E-state index contributed by atoms with van der Waals surface area (Å²) in [6, 6.07) is 8.71. The quantitative estimate of drug-likeness (QED) is 0.817. The third-order valence-corrected chi connectivity index (χ3v) is 3.40. The number of likely N-dealkylation sites (N-methyl/N-ethyl adjacent to an activating group) is 1. The minimum absolute atomic E-state index is 0.224. The third-order valence-electron chi connectivity index (χ3n) is 3.40. The van der Waals surface area contributed by atoms with Crippen LogP contribution < -0.4 is 0 Å². The number of likely N-dealkylation sites (tertiary alicyclic amines) is 1. The summed E-state index contributed by atoms with van der Waals surface area (Å²) in [7, 11) is 1.59. The number of ether oxygens (including phenoxy) is 1. The predicted molar refractivity (Wildman–Crippen MR) is 68.1 cm³/mol. The Bertz CT molecular complexity index is 474. The summed E-state index contributed by atoms with van der Waals surface area (Å²) in [5.74, 6) is -1.87. The zero-order valence-electron chi connectivity index (χ0n) is 10.9. The number of hydrogen-bond donors (Lipinski definition) is 1. The molecule has 1 aromatic carbocycles. The van der Waals surface area contributed by atoms with E-state index in [9.17, 15) is 14.7 Å². The maximum absolute atomic E-state index is 12.0. The van der Waals surface area contributed by atoms with Crippen molar-refractivity contribution in [1.82, 2.24) is 4.90 Å². The molecule has 1 heterocycles. The van der Waals surface area contributed by atoms with E-state index in [0.717, 1.165) is 5.56 Å². The molecule has 3 atom stereocenters. The summed E-state index contributed by atoms with van der Waals surface area (Å²) in [4.78, 5) is 25.2. The second-order valence-electron chi connectivity index (χ2n) is 4.53. The Morgan fingerprint density at radius 3 is 2.58 bits per heavy atom. The highest BCUT2D eigenvalue weighted by Crippen LogP contribution is 2.37. The second kappa shape index (κ2) is 5.40. The zero-order chi connectivity index (χ0) is 14.0. The minimum atomic E-state index is -1.34. The van der Waals surface area contributed by atoms with Gasteiger partial charge in [-0.3, -0.25) is 9.59 Å². The fraction of sp³-hybridized carbons (Fsp3) is 0.429. The summed E-state index contributed by atoms with van der Waals surface area (Å²) in [5.41, 5.74) is 0.813. The minimum Gasteiger partial charge on any atom is -0.466 e. The van der Waals surface area contributed by atoms with E-state index in [1.807, 2.05) is 30.3 Å². The van der Waals surface area contributed by atoms with Crippen molar-refractivity contribution in [1.29, 1.82) is 0 Å². The predicted octanol–water partition coefficient (Wildman–Crippen LogP) is 0.740. The topological polar surface area (TPSA) is 66.8 Å². The van der Waals surface area contributed by atoms with Crippen LogP contribution in [0.5, 0.6) is 0 Å². The van der Waals surface area contributed by atoms with Crippen molar-refractivity contribution < 1.29 is 19.4 Å². The average Bonchev–Trinajstić information content (AvgIpc) is 2.64. The summed E-state index contributed by atoms with van der Waals surface area (Å²) >= 11 is 0. The van der Waals surface area contributed by atoms with Crippen molar-refractivity contribution in [2.75, 3.05) is 13.7 Å². The number of aliphatic hydroxyl groups is 1. The molecule has 1 amide bonds. The standard InChI is InChI=1S/C14H17NO4/c1-3-19-14(18)10-11(9-7-5-4-6-8-9)15(2)13(17)12(10)16/h4-8,10-12,16H,3H2,1-2H3/t10-,11+,12-/m0/s1. The lowest BCUT2D eigenvalue weighted by Crippen LogP contribution is -2.31. The van der Waals surface area contributed by atoms with Crippen molar-refractivity contribution in [2.24, 2.45) is 5.92 Å². The highest BCUT2D eigenvalue weighted by Gasteiger charge is 2.50. The Balaban J connectivity index is 2.37. The molecular weight excluding hydrogens is 246 g/mol. The number of esters is 1. The van der Waals surface area contributed by atoms with Crippen LogP contribution in [0.15, 0.2) is 30.3 Å². The van der Waals surface area contributed by atoms with E-state index in [0.29, 0.717) is 0 Å². The summed E-state index contributed by atoms with van der Waals surface area (Å²) < 4.78 is 4.97. The molecule has 19 heavy (non-hydrogen) atoms. The van der Waals surface area contributed by atoms with Gasteiger partial charge in [-0.2, -0.15) is 0 Å². The molecule has 0 bridgehead atoms. The zero-order valence-corrected chi connectivity index (χ0v) is 10.9. The maximum atomic E-state index is 12.0. The first-order valence-electron chi connectivity index (χ1n) is 6.24. The van der Waals surface area contributed by atoms with Gasteiger partial charge in [0, 0.05) is 7.05 Å². The van der Waals surface area contributed by atoms with Crippen LogP contribution in [-0.4, -0.2) is 41.6 Å². The summed E-state index contributed by atoms with van der Waals surface area (Å²) in [6.07, 6.45) is -1.34. The lowest BCUT2D eigenvalue weighted by Gasteiger charge is -2.24. The molecule has 0 radical (unpaired) electrons. The smallest absolute Gasteiger partial charge is 0.314 e. The number of carbonyl (C=O) groups is 2. The van der Waals surface area contributed by atoms with E-state index >= 15 is 0 Å². The number of carbonyl (C=O) groups excluding carboxylic acids is 2. The fourth-order valence-corrected chi connectivity index (χ4v) is 2.49. The van der Waals surface area contributed by atoms with E-state index in [1.54, 1.807) is 14.0 Å². The Labute approximate surface area is 111 Å². The molecule has 0 aromatic heterocycles. The molecule has 0 unspecified atom stereocenters. The highest BCUT2D eigenvalue weighted by atomic mass is 16.5. The number of aliphatic hydroxyl groups excluding tert-OH is 1. The van der Waals surface area contributed by atoms with Gasteiger partial charge in [0.25, 0.3) is 5.91 Å². The molecule has 1 aliphatic heterocycles. The molecule has 1 aromatic rings. The Kier molecular flexibility index (Phi) is 3.85. The van der Waals surface area contributed by atoms with Crippen LogP contribution >= 0.6 is 0 Å². The molecular formula is C14H17NO4. The highest BCUT2D eigenvalue weighted by molar-refractivity contribution is 5.91. The van der Waals surface area contributed by atoms with Crippen molar-refractivity contribution in [3.63, 3.8) is 0 Å². The lowest BCUT2D eigenvalue weighted by atomic mass is 9.92. The lowest BCUT2D eigenvalue weighted by molar-refractivity contribution is -0.153. The van der Waals surface area contributed by atoms with Crippen LogP contribution in [0.3, 0.4) is 0 Å². The normalized spacial score (nSPS) is 26.6. The van der Waals surface area contributed by atoms with Gasteiger partial charge in [-0.25, -0.2) is 0 Å². The first-order valence-corrected chi connectivity index (χ1v) is 6.24. The largest absolute Gasteiger partial charge is 0.466 e. The second-order valence-corrected chi connectivity index (χ2v) is 4.53. The fourth-order valence-electron chi connectivity index (χ4n) is 2.49. The van der Waals surface area contributed by atoms with Crippen molar-refractivity contribution in [2.45, 2.75) is 19.1 Å². The van der Waals surface area contributed by atoms with Crippen LogP contribution in [0.1, 0.15) is 18.5 Å². The number of benzene rings is 1. The molecule has 1 aliphatic rings. The molecule has 5 nitrogen and oxygen atoms in total. The molecule has 102 valence electrons. The first kappa shape index (κ1) is 13.5. The maximum Gasteiger partial charge on any atom is 0.314 e. The van der Waals surface area contributed by atoms with Crippen LogP contribution in [0, 0.1) is 5.92 Å². The van der Waals surface area contributed by atoms with Crippen LogP contribution in [0.2, 0.25) is 0 Å². The average molecular weight is 263 g/mol. The Morgan fingerprint density at radius 2 is 2.00 bits per heavy atom. The van der Waals surface area contributed by atoms with Crippen LogP contribution in [0.25, 0.3) is 0 Å². The van der Waals surface area contributed by atoms with Crippen molar-refractivity contribution in [3.05, 3.63) is 35.9 Å². The van der Waals surface area contributed by atoms with Crippen LogP contribution in [-0.2, 0) is 14.3 Å². The molecule has 1 fully saturated rings. The van der Waals surface area contributed by atoms with Gasteiger partial charge in [0.1, 0.15) is 12.0 Å². The van der Waals surface area contributed by atoms with Gasteiger partial charge < -0.3 is 14.7 Å². The molecule has 1 N–H and O–H groups in total. The van der Waals surface area contributed by atoms with Gasteiger partial charge in [-0.15, -0.1) is 0 Å². The van der Waals surface area contributed by atoms with Crippen LogP contribution in [0.4, 0.5) is 0 Å². The number of hydrogen-bond acceptors (Lipinski definition) is 4. The molecule has 2 rings (SSSR count). The van der Waals surface area contributed by atoms with Gasteiger partial charge in [-0.05, 0) is 12.5 Å². The Hall–Kier alpha value is -1.88. The number of nitrogens with zero attached hydrogens (tertiary/aromatic N) is 1. The summed E-state index contributed by atoms with van der Waals surface area (Å²) in [5, 5.41) is 9.96. The van der Waals surface area contributed by atoms with Crippen molar-refractivity contribution >= 4 is 11.9 Å². The first-order chi connectivity index (χ1) is 9.07. The molecule has 5 heteroatoms.